The highest BCUT2D eigenvalue weighted by Crippen LogP contribution is 2.21. The Morgan fingerprint density at radius 3 is 2.59 bits per heavy atom. The number of nitrogens with zero attached hydrogens (tertiary/aromatic N) is 2. The number of phenolic OH excluding ortho intramolecular Hbond substituents is 1. The summed E-state index contributed by atoms with van der Waals surface area (Å²) in [5.41, 5.74) is 14.6. The monoisotopic (exact) mass is 385 g/mol. The highest BCUT2D eigenvalue weighted by Gasteiger charge is 2.15. The first-order chi connectivity index (χ1) is 12.5. The number of rotatable bonds is 5. The third-order valence-electron chi connectivity index (χ3n) is 3.83. The number of nitrogen functional groups attached to an aromatic ring is 1. The molecule has 0 unspecified atom stereocenters. The Morgan fingerprint density at radius 1 is 1.15 bits per heavy atom. The summed E-state index contributed by atoms with van der Waals surface area (Å²) in [6.45, 7) is 0. The van der Waals surface area contributed by atoms with Gasteiger partial charge in [0.25, 0.3) is 0 Å². The zero-order valence-corrected chi connectivity index (χ0v) is 15.2. The van der Waals surface area contributed by atoms with Gasteiger partial charge < -0.3 is 21.9 Å². The van der Waals surface area contributed by atoms with E-state index in [1.807, 2.05) is 12.1 Å². The Morgan fingerprint density at radius 2 is 1.89 bits per heavy atom. The zero-order valence-electron chi connectivity index (χ0n) is 14.4. The predicted octanol–water partition coefficient (Wildman–Crippen LogP) is 2.36. The minimum Gasteiger partial charge on any atom is -0.508 e. The van der Waals surface area contributed by atoms with Crippen molar-refractivity contribution in [2.75, 3.05) is 11.1 Å². The lowest BCUT2D eigenvalue weighted by atomic mass is 10.1. The second-order valence-corrected chi connectivity index (χ2v) is 5.85. The molecule has 0 fully saturated rings. The lowest BCUT2D eigenvalue weighted by Gasteiger charge is -2.13. The van der Waals surface area contributed by atoms with Crippen LogP contribution < -0.4 is 16.8 Å². The van der Waals surface area contributed by atoms with Crippen molar-refractivity contribution in [2.24, 2.45) is 5.73 Å². The molecular formula is C19H20ClN5O2. The number of nitrogens with one attached hydrogen (secondary N) is 1. The van der Waals surface area contributed by atoms with E-state index in [0.29, 0.717) is 17.8 Å². The number of benzene rings is 2. The molecule has 0 spiro atoms. The van der Waals surface area contributed by atoms with Crippen molar-refractivity contribution in [3.63, 3.8) is 0 Å². The fourth-order valence-corrected chi connectivity index (χ4v) is 2.50. The Balaban J connectivity index is 0.00000261. The van der Waals surface area contributed by atoms with Crippen molar-refractivity contribution in [1.82, 2.24) is 9.97 Å². The second-order valence-electron chi connectivity index (χ2n) is 5.85. The van der Waals surface area contributed by atoms with E-state index in [4.69, 9.17) is 11.5 Å². The zero-order chi connectivity index (χ0) is 18.5. The smallest absolute Gasteiger partial charge is 0.241 e. The fourth-order valence-electron chi connectivity index (χ4n) is 2.50. The molecule has 3 aromatic rings. The van der Waals surface area contributed by atoms with Gasteiger partial charge >= 0.3 is 0 Å². The number of nitrogens with two attached hydrogens (primary N) is 2. The standard InChI is InChI=1S/C19H19N5O2.ClH/c20-16(10-12-4-6-15(25)7-5-12)18(26)23-14-3-1-2-13(11-14)17-8-9-22-19(21)24-17;/h1-9,11,16,25H,10,20H2,(H,23,26)(H2,21,22,24);1H/t16-;/m0./s1. The van der Waals surface area contributed by atoms with E-state index < -0.39 is 6.04 Å². The molecule has 1 amide bonds. The van der Waals surface area contributed by atoms with Gasteiger partial charge in [-0.05, 0) is 42.3 Å². The number of aromatic nitrogens is 2. The number of hydrogen-bond donors (Lipinski definition) is 4. The third kappa shape index (κ3) is 5.40. The second kappa shape index (κ2) is 8.98. The van der Waals surface area contributed by atoms with E-state index in [1.54, 1.807) is 48.7 Å². The summed E-state index contributed by atoms with van der Waals surface area (Å²) in [5.74, 6) is 0.0687. The van der Waals surface area contributed by atoms with Crippen molar-refractivity contribution < 1.29 is 9.90 Å². The van der Waals surface area contributed by atoms with Crippen molar-refractivity contribution in [1.29, 1.82) is 0 Å². The van der Waals surface area contributed by atoms with Gasteiger partial charge in [0.1, 0.15) is 5.75 Å². The van der Waals surface area contributed by atoms with Gasteiger partial charge in [-0.1, -0.05) is 24.3 Å². The Kier molecular flexibility index (Phi) is 6.70. The number of anilines is 2. The Bertz CT molecular complexity index is 918. The summed E-state index contributed by atoms with van der Waals surface area (Å²) in [4.78, 5) is 20.4. The van der Waals surface area contributed by atoms with Crippen molar-refractivity contribution in [3.8, 4) is 17.0 Å². The molecular weight excluding hydrogens is 366 g/mol. The van der Waals surface area contributed by atoms with Crippen LogP contribution in [0.4, 0.5) is 11.6 Å². The summed E-state index contributed by atoms with van der Waals surface area (Å²) in [5, 5.41) is 12.1. The van der Waals surface area contributed by atoms with Crippen LogP contribution in [0.25, 0.3) is 11.3 Å². The minimum atomic E-state index is -0.710. The van der Waals surface area contributed by atoms with Gasteiger partial charge in [-0.25, -0.2) is 9.97 Å². The average Bonchev–Trinajstić information content (AvgIpc) is 2.64. The maximum atomic E-state index is 12.4. The molecule has 140 valence electrons. The molecule has 2 aromatic carbocycles. The lowest BCUT2D eigenvalue weighted by molar-refractivity contribution is -0.117. The van der Waals surface area contributed by atoms with Crippen molar-refractivity contribution in [3.05, 3.63) is 66.4 Å². The molecule has 0 radical (unpaired) electrons. The summed E-state index contributed by atoms with van der Waals surface area (Å²) in [6.07, 6.45) is 1.95. The van der Waals surface area contributed by atoms with Crippen LogP contribution in [0, 0.1) is 0 Å². The number of amides is 1. The molecule has 0 aliphatic heterocycles. The van der Waals surface area contributed by atoms with Gasteiger partial charge in [0.05, 0.1) is 11.7 Å². The molecule has 8 heteroatoms. The molecule has 0 bridgehead atoms. The van der Waals surface area contributed by atoms with Crippen LogP contribution in [0.3, 0.4) is 0 Å². The molecule has 1 atom stereocenters. The maximum Gasteiger partial charge on any atom is 0.241 e. The highest BCUT2D eigenvalue weighted by molar-refractivity contribution is 5.95. The highest BCUT2D eigenvalue weighted by atomic mass is 35.5. The number of carbonyl (C=O) groups is 1. The fraction of sp³-hybridized carbons (Fsp3) is 0.105. The van der Waals surface area contributed by atoms with E-state index in [-0.39, 0.29) is 30.0 Å². The van der Waals surface area contributed by atoms with E-state index in [9.17, 15) is 9.90 Å². The van der Waals surface area contributed by atoms with Crippen LogP contribution in [-0.2, 0) is 11.2 Å². The lowest BCUT2D eigenvalue weighted by Crippen LogP contribution is -2.37. The summed E-state index contributed by atoms with van der Waals surface area (Å²) in [7, 11) is 0. The quantitative estimate of drug-likeness (QED) is 0.534. The Labute approximate surface area is 162 Å². The third-order valence-corrected chi connectivity index (χ3v) is 3.83. The molecule has 0 saturated heterocycles. The predicted molar refractivity (Wildman–Crippen MR) is 108 cm³/mol. The molecule has 1 heterocycles. The molecule has 0 saturated carbocycles. The SMILES string of the molecule is Cl.Nc1nccc(-c2cccc(NC(=O)[C@@H](N)Cc3ccc(O)cc3)c2)n1. The van der Waals surface area contributed by atoms with Crippen LogP contribution in [-0.4, -0.2) is 27.0 Å². The number of aromatic hydroxyl groups is 1. The minimum absolute atomic E-state index is 0. The van der Waals surface area contributed by atoms with Crippen molar-refractivity contribution >= 4 is 29.9 Å². The normalized spacial score (nSPS) is 11.3. The van der Waals surface area contributed by atoms with E-state index in [1.165, 1.54) is 0 Å². The van der Waals surface area contributed by atoms with Gasteiger partial charge in [-0.2, -0.15) is 0 Å². The van der Waals surface area contributed by atoms with E-state index >= 15 is 0 Å². The Hall–Kier alpha value is -3.16. The van der Waals surface area contributed by atoms with Crippen LogP contribution in [0.5, 0.6) is 5.75 Å². The molecule has 0 aliphatic rings. The summed E-state index contributed by atoms with van der Waals surface area (Å²) < 4.78 is 0. The number of hydrogen-bond acceptors (Lipinski definition) is 6. The van der Waals surface area contributed by atoms with Gasteiger partial charge in [0, 0.05) is 17.4 Å². The van der Waals surface area contributed by atoms with Crippen LogP contribution in [0.15, 0.2) is 60.8 Å². The topological polar surface area (TPSA) is 127 Å². The average molecular weight is 386 g/mol. The molecule has 6 N–H and O–H groups in total. The number of carbonyl (C=O) groups excluding carboxylic acids is 1. The molecule has 3 rings (SSSR count). The first kappa shape index (κ1) is 20.2. The van der Waals surface area contributed by atoms with Gasteiger partial charge in [-0.15, -0.1) is 12.4 Å². The first-order valence-corrected chi connectivity index (χ1v) is 8.04. The van der Waals surface area contributed by atoms with Gasteiger partial charge in [0.2, 0.25) is 11.9 Å². The van der Waals surface area contributed by atoms with Gasteiger partial charge in [0.15, 0.2) is 0 Å². The number of halogens is 1. The summed E-state index contributed by atoms with van der Waals surface area (Å²) in [6, 6.07) is 14.9. The molecule has 27 heavy (non-hydrogen) atoms. The first-order valence-electron chi connectivity index (χ1n) is 8.04. The van der Waals surface area contributed by atoms with Crippen LogP contribution >= 0.6 is 12.4 Å². The van der Waals surface area contributed by atoms with E-state index in [2.05, 4.69) is 15.3 Å². The summed E-state index contributed by atoms with van der Waals surface area (Å²) >= 11 is 0. The molecule has 7 nitrogen and oxygen atoms in total. The van der Waals surface area contributed by atoms with E-state index in [0.717, 1.165) is 11.1 Å². The van der Waals surface area contributed by atoms with Crippen LogP contribution in [0.2, 0.25) is 0 Å². The van der Waals surface area contributed by atoms with Crippen molar-refractivity contribution in [2.45, 2.75) is 12.5 Å². The molecule has 1 aromatic heterocycles. The van der Waals surface area contributed by atoms with Crippen LogP contribution in [0.1, 0.15) is 5.56 Å². The molecule has 0 aliphatic carbocycles. The largest absolute Gasteiger partial charge is 0.508 e. The number of phenols is 1. The maximum absolute atomic E-state index is 12.4. The van der Waals surface area contributed by atoms with Gasteiger partial charge in [-0.3, -0.25) is 4.79 Å².